The third-order valence-corrected chi connectivity index (χ3v) is 3.00. The van der Waals surface area contributed by atoms with Gasteiger partial charge in [0.05, 0.1) is 0 Å². The Morgan fingerprint density at radius 3 is 2.81 bits per heavy atom. The zero-order valence-corrected chi connectivity index (χ0v) is 10.1. The van der Waals surface area contributed by atoms with Gasteiger partial charge >= 0.3 is 0 Å². The number of nitrogens with zero attached hydrogens (tertiary/aromatic N) is 1. The largest absolute Gasteiger partial charge is 0.385 e. The molecule has 0 N–H and O–H groups in total. The second-order valence-corrected chi connectivity index (χ2v) is 4.20. The summed E-state index contributed by atoms with van der Waals surface area (Å²) < 4.78 is 7.46. The summed E-state index contributed by atoms with van der Waals surface area (Å²) in [6.07, 6.45) is 2.30. The lowest BCUT2D eigenvalue weighted by atomic mass is 10.2. The van der Waals surface area contributed by atoms with E-state index >= 15 is 0 Å². The number of rotatable bonds is 5. The molecule has 1 aromatic heterocycles. The first-order valence-electron chi connectivity index (χ1n) is 5.87. The predicted molar refractivity (Wildman–Crippen MR) is 67.8 cm³/mol. The summed E-state index contributed by atoms with van der Waals surface area (Å²) in [6, 6.07) is 10.8. The van der Waals surface area contributed by atoms with Gasteiger partial charge in [-0.2, -0.15) is 0 Å². The maximum absolute atomic E-state index is 5.07. The molecule has 0 unspecified atom stereocenters. The van der Waals surface area contributed by atoms with Crippen LogP contribution in [0.5, 0.6) is 0 Å². The summed E-state index contributed by atoms with van der Waals surface area (Å²) in [6.45, 7) is 4.12. The van der Waals surface area contributed by atoms with Gasteiger partial charge in [0.25, 0.3) is 0 Å². The molecule has 0 amide bonds. The normalized spacial score (nSPS) is 11.1. The van der Waals surface area contributed by atoms with Crippen LogP contribution in [-0.2, 0) is 11.3 Å². The first-order valence-corrected chi connectivity index (χ1v) is 5.87. The Morgan fingerprint density at radius 2 is 2.00 bits per heavy atom. The molecule has 0 saturated carbocycles. The van der Waals surface area contributed by atoms with Crippen LogP contribution in [0.15, 0.2) is 30.3 Å². The van der Waals surface area contributed by atoms with Gasteiger partial charge in [0.1, 0.15) is 0 Å². The monoisotopic (exact) mass is 217 g/mol. The fraction of sp³-hybridized carbons (Fsp3) is 0.429. The maximum atomic E-state index is 5.07. The highest BCUT2D eigenvalue weighted by molar-refractivity contribution is 5.81. The van der Waals surface area contributed by atoms with Crippen LogP contribution in [-0.4, -0.2) is 18.3 Å². The van der Waals surface area contributed by atoms with Crippen molar-refractivity contribution in [3.05, 3.63) is 36.0 Å². The Morgan fingerprint density at radius 1 is 1.19 bits per heavy atom. The summed E-state index contributed by atoms with van der Waals surface area (Å²) in [5.74, 6) is 0. The van der Waals surface area contributed by atoms with Crippen molar-refractivity contribution >= 4 is 10.9 Å². The molecule has 1 heterocycles. The van der Waals surface area contributed by atoms with E-state index in [2.05, 4.69) is 41.8 Å². The molecule has 16 heavy (non-hydrogen) atoms. The minimum Gasteiger partial charge on any atom is -0.385 e. The number of fused-ring (bicyclic) bond motifs is 1. The highest BCUT2D eigenvalue weighted by Crippen LogP contribution is 2.19. The van der Waals surface area contributed by atoms with Crippen molar-refractivity contribution in [1.29, 1.82) is 0 Å². The highest BCUT2D eigenvalue weighted by Gasteiger charge is 2.03. The van der Waals surface area contributed by atoms with Crippen molar-refractivity contribution in [3.8, 4) is 0 Å². The van der Waals surface area contributed by atoms with Crippen LogP contribution in [0, 0.1) is 6.92 Å². The quantitative estimate of drug-likeness (QED) is 0.700. The fourth-order valence-electron chi connectivity index (χ4n) is 2.16. The van der Waals surface area contributed by atoms with Crippen LogP contribution in [0.1, 0.15) is 18.5 Å². The van der Waals surface area contributed by atoms with E-state index in [9.17, 15) is 0 Å². The van der Waals surface area contributed by atoms with E-state index in [0.717, 1.165) is 19.6 Å². The topological polar surface area (TPSA) is 14.2 Å². The summed E-state index contributed by atoms with van der Waals surface area (Å²) in [5, 5.41) is 1.34. The number of aryl methyl sites for hydroxylation is 2. The zero-order chi connectivity index (χ0) is 11.4. The number of para-hydroxylation sites is 1. The third kappa shape index (κ3) is 2.27. The first-order chi connectivity index (χ1) is 7.83. The van der Waals surface area contributed by atoms with E-state index in [1.54, 1.807) is 7.11 Å². The lowest BCUT2D eigenvalue weighted by molar-refractivity contribution is 0.191. The summed E-state index contributed by atoms with van der Waals surface area (Å²) >= 11 is 0. The van der Waals surface area contributed by atoms with Crippen LogP contribution in [0.25, 0.3) is 10.9 Å². The average molecular weight is 217 g/mol. The number of benzene rings is 1. The van der Waals surface area contributed by atoms with Gasteiger partial charge in [-0.05, 0) is 37.3 Å². The number of hydrogen-bond acceptors (Lipinski definition) is 1. The van der Waals surface area contributed by atoms with Gasteiger partial charge in [0.2, 0.25) is 0 Å². The minimum absolute atomic E-state index is 0.859. The van der Waals surface area contributed by atoms with Crippen molar-refractivity contribution in [2.75, 3.05) is 13.7 Å². The van der Waals surface area contributed by atoms with Gasteiger partial charge in [-0.1, -0.05) is 18.2 Å². The summed E-state index contributed by atoms with van der Waals surface area (Å²) in [7, 11) is 1.76. The van der Waals surface area contributed by atoms with E-state index in [1.807, 2.05) is 0 Å². The minimum atomic E-state index is 0.859. The molecular formula is C14H19NO. The molecule has 1 aromatic carbocycles. The molecule has 0 aliphatic heterocycles. The van der Waals surface area contributed by atoms with E-state index in [0.29, 0.717) is 0 Å². The standard InChI is InChI=1S/C14H19NO/c1-12-11-13-7-3-4-8-14(13)15(12)9-5-6-10-16-2/h3-4,7-8,11H,5-6,9-10H2,1-2H3. The lowest BCUT2D eigenvalue weighted by Crippen LogP contribution is -2.01. The number of aromatic nitrogens is 1. The van der Waals surface area contributed by atoms with Gasteiger partial charge in [0.15, 0.2) is 0 Å². The van der Waals surface area contributed by atoms with Crippen molar-refractivity contribution in [1.82, 2.24) is 4.57 Å². The molecule has 2 heteroatoms. The molecule has 0 spiro atoms. The molecule has 0 aliphatic rings. The SMILES string of the molecule is COCCCCn1c(C)cc2ccccc21. The van der Waals surface area contributed by atoms with Crippen LogP contribution >= 0.6 is 0 Å². The number of unbranched alkanes of at least 4 members (excludes halogenated alkanes) is 1. The molecule has 0 aliphatic carbocycles. The van der Waals surface area contributed by atoms with Crippen LogP contribution in [0.4, 0.5) is 0 Å². The zero-order valence-electron chi connectivity index (χ0n) is 10.1. The molecular weight excluding hydrogens is 198 g/mol. The fourth-order valence-corrected chi connectivity index (χ4v) is 2.16. The Kier molecular flexibility index (Phi) is 3.62. The molecule has 0 bridgehead atoms. The Balaban J connectivity index is 2.13. The van der Waals surface area contributed by atoms with Gasteiger partial charge < -0.3 is 9.30 Å². The van der Waals surface area contributed by atoms with Crippen molar-refractivity contribution in [3.63, 3.8) is 0 Å². The molecule has 0 atom stereocenters. The molecule has 2 nitrogen and oxygen atoms in total. The van der Waals surface area contributed by atoms with Gasteiger partial charge in [-0.15, -0.1) is 0 Å². The number of methoxy groups -OCH3 is 1. The van der Waals surface area contributed by atoms with E-state index < -0.39 is 0 Å². The Bertz CT molecular complexity index is 459. The third-order valence-electron chi connectivity index (χ3n) is 3.00. The van der Waals surface area contributed by atoms with Crippen molar-refractivity contribution in [2.24, 2.45) is 0 Å². The summed E-state index contributed by atoms with van der Waals surface area (Å²) in [5.41, 5.74) is 2.69. The van der Waals surface area contributed by atoms with Crippen molar-refractivity contribution < 1.29 is 4.74 Å². The van der Waals surface area contributed by atoms with E-state index in [4.69, 9.17) is 4.74 Å². The second kappa shape index (κ2) is 5.17. The molecule has 0 radical (unpaired) electrons. The maximum Gasteiger partial charge on any atom is 0.0482 e. The van der Waals surface area contributed by atoms with Crippen LogP contribution < -0.4 is 0 Å². The predicted octanol–water partition coefficient (Wildman–Crippen LogP) is 3.38. The van der Waals surface area contributed by atoms with Gasteiger partial charge in [-0.25, -0.2) is 0 Å². The molecule has 86 valence electrons. The summed E-state index contributed by atoms with van der Waals surface area (Å²) in [4.78, 5) is 0. The van der Waals surface area contributed by atoms with E-state index in [-0.39, 0.29) is 0 Å². The average Bonchev–Trinajstić information content (AvgIpc) is 2.61. The number of hydrogen-bond donors (Lipinski definition) is 0. The molecule has 2 rings (SSSR count). The van der Waals surface area contributed by atoms with Crippen molar-refractivity contribution in [2.45, 2.75) is 26.3 Å². The molecule has 0 saturated heterocycles. The highest BCUT2D eigenvalue weighted by atomic mass is 16.5. The first kappa shape index (κ1) is 11.2. The lowest BCUT2D eigenvalue weighted by Gasteiger charge is -2.07. The van der Waals surface area contributed by atoms with E-state index in [1.165, 1.54) is 23.0 Å². The smallest absolute Gasteiger partial charge is 0.0482 e. The Labute approximate surface area is 96.8 Å². The van der Waals surface area contributed by atoms with Crippen LogP contribution in [0.2, 0.25) is 0 Å². The van der Waals surface area contributed by atoms with Gasteiger partial charge in [-0.3, -0.25) is 0 Å². The second-order valence-electron chi connectivity index (χ2n) is 4.20. The molecule has 2 aromatic rings. The Hall–Kier alpha value is -1.28. The number of ether oxygens (including phenoxy) is 1. The van der Waals surface area contributed by atoms with Crippen LogP contribution in [0.3, 0.4) is 0 Å². The molecule has 0 fully saturated rings. The van der Waals surface area contributed by atoms with Gasteiger partial charge in [0, 0.05) is 31.5 Å².